The number of hydrogen-bond donors (Lipinski definition) is 1. The number of nitrogens with one attached hydrogen (secondary N) is 1. The molecule has 1 saturated heterocycles. The second-order valence-electron chi connectivity index (χ2n) is 5.78. The molecule has 5 nitrogen and oxygen atoms in total. The Kier molecular flexibility index (Phi) is 7.03. The van der Waals surface area contributed by atoms with E-state index in [4.69, 9.17) is 4.74 Å². The lowest BCUT2D eigenvalue weighted by atomic mass is 10.1. The smallest absolute Gasteiger partial charge is 0.203 e. The maximum absolute atomic E-state index is 5.40. The zero-order valence-electron chi connectivity index (χ0n) is 13.6. The monoisotopic (exact) mass is 294 g/mol. The number of rotatable bonds is 9. The Labute approximate surface area is 128 Å². The fraction of sp³-hybridized carbons (Fsp3) is 0.812. The summed E-state index contributed by atoms with van der Waals surface area (Å²) in [5.74, 6) is 1.00. The normalized spacial score (nSPS) is 16.3. The van der Waals surface area contributed by atoms with Crippen molar-refractivity contribution in [3.05, 3.63) is 11.9 Å². The van der Waals surface area contributed by atoms with Gasteiger partial charge in [0, 0.05) is 39.0 Å². The van der Waals surface area contributed by atoms with Crippen molar-refractivity contribution in [2.24, 2.45) is 0 Å². The van der Waals surface area contributed by atoms with E-state index in [-0.39, 0.29) is 0 Å². The molecule has 0 amide bonds. The standard InChI is InChI=1S/C16H30N4O/c1-3-21-13-7-11-20-14-15(2)18-16(20)17-8-12-19-9-5-4-6-10-19/h14H,3-13H2,1-2H3,(H,17,18). The Bertz CT molecular complexity index is 399. The van der Waals surface area contributed by atoms with E-state index < -0.39 is 0 Å². The second kappa shape index (κ2) is 9.05. The average molecular weight is 294 g/mol. The van der Waals surface area contributed by atoms with Gasteiger partial charge in [0.1, 0.15) is 0 Å². The second-order valence-corrected chi connectivity index (χ2v) is 5.78. The van der Waals surface area contributed by atoms with Crippen LogP contribution in [0, 0.1) is 6.92 Å². The van der Waals surface area contributed by atoms with Gasteiger partial charge in [-0.2, -0.15) is 0 Å². The number of aromatic nitrogens is 2. The lowest BCUT2D eigenvalue weighted by Gasteiger charge is -2.26. The number of imidazole rings is 1. The SMILES string of the molecule is CCOCCCn1cc(C)nc1NCCN1CCCCC1. The van der Waals surface area contributed by atoms with E-state index in [1.165, 1.54) is 32.4 Å². The fourth-order valence-electron chi connectivity index (χ4n) is 2.85. The van der Waals surface area contributed by atoms with Gasteiger partial charge in [-0.1, -0.05) is 6.42 Å². The molecule has 0 saturated carbocycles. The van der Waals surface area contributed by atoms with Crippen LogP contribution in [0.25, 0.3) is 0 Å². The summed E-state index contributed by atoms with van der Waals surface area (Å²) in [6.45, 7) is 11.3. The summed E-state index contributed by atoms with van der Waals surface area (Å²) in [4.78, 5) is 7.13. The van der Waals surface area contributed by atoms with Gasteiger partial charge in [-0.15, -0.1) is 0 Å². The number of likely N-dealkylation sites (tertiary alicyclic amines) is 1. The third-order valence-electron chi connectivity index (χ3n) is 3.95. The minimum absolute atomic E-state index is 0.796. The molecule has 0 aromatic carbocycles. The van der Waals surface area contributed by atoms with Crippen LogP contribution in [0.1, 0.15) is 38.3 Å². The van der Waals surface area contributed by atoms with Crippen LogP contribution in [0.4, 0.5) is 5.95 Å². The van der Waals surface area contributed by atoms with Crippen LogP contribution in [0.3, 0.4) is 0 Å². The Morgan fingerprint density at radius 3 is 2.81 bits per heavy atom. The highest BCUT2D eigenvalue weighted by molar-refractivity contribution is 5.28. The predicted molar refractivity (Wildman–Crippen MR) is 86.9 cm³/mol. The molecule has 2 rings (SSSR count). The molecule has 0 atom stereocenters. The van der Waals surface area contributed by atoms with E-state index in [0.717, 1.165) is 50.9 Å². The van der Waals surface area contributed by atoms with E-state index >= 15 is 0 Å². The summed E-state index contributed by atoms with van der Waals surface area (Å²) in [5.41, 5.74) is 1.08. The molecule has 21 heavy (non-hydrogen) atoms. The maximum atomic E-state index is 5.40. The molecule has 1 fully saturated rings. The topological polar surface area (TPSA) is 42.3 Å². The number of hydrogen-bond acceptors (Lipinski definition) is 4. The van der Waals surface area contributed by atoms with Crippen LogP contribution in [0.15, 0.2) is 6.20 Å². The minimum Gasteiger partial charge on any atom is -0.382 e. The molecule has 2 heterocycles. The van der Waals surface area contributed by atoms with Gasteiger partial charge in [-0.05, 0) is 46.2 Å². The lowest BCUT2D eigenvalue weighted by molar-refractivity contribution is 0.142. The zero-order valence-corrected chi connectivity index (χ0v) is 13.6. The largest absolute Gasteiger partial charge is 0.382 e. The van der Waals surface area contributed by atoms with E-state index in [1.807, 2.05) is 6.92 Å². The van der Waals surface area contributed by atoms with Crippen molar-refractivity contribution < 1.29 is 4.74 Å². The summed E-state index contributed by atoms with van der Waals surface area (Å²) >= 11 is 0. The quantitative estimate of drug-likeness (QED) is 0.711. The van der Waals surface area contributed by atoms with E-state index in [0.29, 0.717) is 0 Å². The summed E-state index contributed by atoms with van der Waals surface area (Å²) in [7, 11) is 0. The number of aryl methyl sites for hydroxylation is 2. The molecule has 5 heteroatoms. The molecule has 1 aromatic heterocycles. The van der Waals surface area contributed by atoms with Gasteiger partial charge in [0.15, 0.2) is 0 Å². The molecular weight excluding hydrogens is 264 g/mol. The first-order chi connectivity index (χ1) is 10.3. The van der Waals surface area contributed by atoms with Crippen molar-refractivity contribution in [1.82, 2.24) is 14.5 Å². The Morgan fingerprint density at radius 1 is 1.24 bits per heavy atom. The van der Waals surface area contributed by atoms with Crippen molar-refractivity contribution in [2.45, 2.75) is 46.1 Å². The lowest BCUT2D eigenvalue weighted by Crippen LogP contribution is -2.34. The third-order valence-corrected chi connectivity index (χ3v) is 3.95. The van der Waals surface area contributed by atoms with Crippen molar-refractivity contribution in [1.29, 1.82) is 0 Å². The summed E-state index contributed by atoms with van der Waals surface area (Å²) < 4.78 is 7.61. The zero-order chi connectivity index (χ0) is 14.9. The van der Waals surface area contributed by atoms with Crippen molar-refractivity contribution in [3.63, 3.8) is 0 Å². The number of piperidine rings is 1. The Balaban J connectivity index is 1.73. The van der Waals surface area contributed by atoms with Crippen molar-refractivity contribution in [2.75, 3.05) is 44.7 Å². The molecule has 1 N–H and O–H groups in total. The highest BCUT2D eigenvalue weighted by Gasteiger charge is 2.10. The first-order valence-corrected chi connectivity index (χ1v) is 8.37. The number of anilines is 1. The van der Waals surface area contributed by atoms with Crippen LogP contribution in [0.5, 0.6) is 0 Å². The number of ether oxygens (including phenoxy) is 1. The van der Waals surface area contributed by atoms with Crippen molar-refractivity contribution >= 4 is 5.95 Å². The van der Waals surface area contributed by atoms with Gasteiger partial charge in [-0.25, -0.2) is 4.98 Å². The highest BCUT2D eigenvalue weighted by atomic mass is 16.5. The molecule has 120 valence electrons. The summed E-state index contributed by atoms with van der Waals surface area (Å²) in [6, 6.07) is 0. The van der Waals surface area contributed by atoms with Crippen LogP contribution < -0.4 is 5.32 Å². The van der Waals surface area contributed by atoms with Crippen LogP contribution in [0.2, 0.25) is 0 Å². The molecule has 1 aliphatic heterocycles. The molecule has 0 radical (unpaired) electrons. The summed E-state index contributed by atoms with van der Waals surface area (Å²) in [6.07, 6.45) is 7.25. The Hall–Kier alpha value is -1.07. The third kappa shape index (κ3) is 5.67. The van der Waals surface area contributed by atoms with Crippen LogP contribution >= 0.6 is 0 Å². The molecule has 1 aromatic rings. The van der Waals surface area contributed by atoms with Crippen LogP contribution in [-0.2, 0) is 11.3 Å². The summed E-state index contributed by atoms with van der Waals surface area (Å²) in [5, 5.41) is 3.49. The molecule has 0 bridgehead atoms. The molecule has 1 aliphatic rings. The average Bonchev–Trinajstić information content (AvgIpc) is 2.85. The minimum atomic E-state index is 0.796. The van der Waals surface area contributed by atoms with E-state index in [1.54, 1.807) is 0 Å². The first-order valence-electron chi connectivity index (χ1n) is 8.37. The van der Waals surface area contributed by atoms with Gasteiger partial charge < -0.3 is 19.5 Å². The van der Waals surface area contributed by atoms with Gasteiger partial charge in [0.25, 0.3) is 0 Å². The molecule has 0 spiro atoms. The first kappa shape index (κ1) is 16.3. The van der Waals surface area contributed by atoms with Gasteiger partial charge in [-0.3, -0.25) is 0 Å². The van der Waals surface area contributed by atoms with E-state index in [9.17, 15) is 0 Å². The van der Waals surface area contributed by atoms with Gasteiger partial charge in [0.2, 0.25) is 5.95 Å². The van der Waals surface area contributed by atoms with Gasteiger partial charge >= 0.3 is 0 Å². The van der Waals surface area contributed by atoms with Crippen molar-refractivity contribution in [3.8, 4) is 0 Å². The number of nitrogens with zero attached hydrogens (tertiary/aromatic N) is 3. The Morgan fingerprint density at radius 2 is 2.05 bits per heavy atom. The predicted octanol–water partition coefficient (Wildman–Crippen LogP) is 2.52. The van der Waals surface area contributed by atoms with Gasteiger partial charge in [0.05, 0.1) is 5.69 Å². The maximum Gasteiger partial charge on any atom is 0.203 e. The fourth-order valence-corrected chi connectivity index (χ4v) is 2.85. The van der Waals surface area contributed by atoms with E-state index in [2.05, 4.69) is 32.9 Å². The molecule has 0 unspecified atom stereocenters. The molecule has 0 aliphatic carbocycles. The molecular formula is C16H30N4O. The van der Waals surface area contributed by atoms with Crippen LogP contribution in [-0.4, -0.2) is 53.8 Å². The highest BCUT2D eigenvalue weighted by Crippen LogP contribution is 2.11.